The van der Waals surface area contributed by atoms with Crippen LogP contribution in [0.25, 0.3) is 0 Å². The van der Waals surface area contributed by atoms with Crippen LogP contribution in [0.15, 0.2) is 65.4 Å². The Morgan fingerprint density at radius 2 is 1.52 bits per heavy atom. The van der Waals surface area contributed by atoms with Gasteiger partial charge in [-0.15, -0.1) is 22.7 Å². The quantitative estimate of drug-likeness (QED) is 0.323. The third-order valence-corrected chi connectivity index (χ3v) is 7.19. The summed E-state index contributed by atoms with van der Waals surface area (Å²) < 4.78 is 0. The Balaban J connectivity index is 1.53. The van der Waals surface area contributed by atoms with Gasteiger partial charge in [0.1, 0.15) is 0 Å². The molecule has 33 heavy (non-hydrogen) atoms. The van der Waals surface area contributed by atoms with Crippen LogP contribution < -0.4 is 5.32 Å². The van der Waals surface area contributed by atoms with Crippen LogP contribution in [-0.2, 0) is 24.4 Å². The molecule has 0 saturated heterocycles. The highest BCUT2D eigenvalue weighted by Gasteiger charge is 2.24. The lowest BCUT2D eigenvalue weighted by atomic mass is 10.1. The average molecular weight is 486 g/mol. The van der Waals surface area contributed by atoms with E-state index in [2.05, 4.69) is 17.4 Å². The minimum absolute atomic E-state index is 0.0821. The molecule has 0 aliphatic carbocycles. The molecule has 0 spiro atoms. The monoisotopic (exact) mass is 485 g/mol. The Morgan fingerprint density at radius 3 is 2.03 bits per heavy atom. The first-order valence-corrected chi connectivity index (χ1v) is 12.9. The predicted molar refractivity (Wildman–Crippen MR) is 134 cm³/mol. The number of hydrogen-bond acceptors (Lipinski definition) is 5. The largest absolute Gasteiger partial charge is 0.465 e. The van der Waals surface area contributed by atoms with E-state index in [9.17, 15) is 14.7 Å². The van der Waals surface area contributed by atoms with Gasteiger partial charge in [0.2, 0.25) is 5.91 Å². The summed E-state index contributed by atoms with van der Waals surface area (Å²) in [6.45, 7) is 2.01. The van der Waals surface area contributed by atoms with E-state index in [-0.39, 0.29) is 11.9 Å². The van der Waals surface area contributed by atoms with Gasteiger partial charge < -0.3 is 20.2 Å². The van der Waals surface area contributed by atoms with Crippen LogP contribution in [-0.4, -0.2) is 46.5 Å². The van der Waals surface area contributed by atoms with Crippen molar-refractivity contribution in [2.45, 2.75) is 44.9 Å². The van der Waals surface area contributed by atoms with Crippen molar-refractivity contribution in [1.29, 1.82) is 0 Å². The summed E-state index contributed by atoms with van der Waals surface area (Å²) in [5, 5.41) is 16.8. The molecule has 0 saturated carbocycles. The first-order valence-electron chi connectivity index (χ1n) is 11.1. The molecule has 0 aliphatic heterocycles. The van der Waals surface area contributed by atoms with Crippen molar-refractivity contribution in [3.05, 3.63) is 80.7 Å². The molecule has 2 N–H and O–H groups in total. The molecule has 6 nitrogen and oxygen atoms in total. The summed E-state index contributed by atoms with van der Waals surface area (Å²) in [4.78, 5) is 30.7. The van der Waals surface area contributed by atoms with Crippen molar-refractivity contribution in [3.8, 4) is 0 Å². The zero-order valence-electron chi connectivity index (χ0n) is 18.9. The zero-order chi connectivity index (χ0) is 23.5. The van der Waals surface area contributed by atoms with Gasteiger partial charge in [0.15, 0.2) is 0 Å². The number of unbranched alkanes of at least 4 members (excludes halogenated alkanes) is 1. The summed E-state index contributed by atoms with van der Waals surface area (Å²) in [6.07, 6.45) is 1.22. The lowest BCUT2D eigenvalue weighted by Crippen LogP contribution is -2.44. The first kappa shape index (κ1) is 25.0. The molecule has 0 radical (unpaired) electrons. The van der Waals surface area contributed by atoms with Crippen molar-refractivity contribution >= 4 is 34.7 Å². The number of carboxylic acid groups (broad SMARTS) is 1. The van der Waals surface area contributed by atoms with Gasteiger partial charge in [0, 0.05) is 22.8 Å². The SMILES string of the molecule is CN[C@@H](CCCCN(Cc1ccccc1)C(=O)O)C(=O)N(Cc1cccs1)Cc1cccs1. The molecule has 176 valence electrons. The highest BCUT2D eigenvalue weighted by Crippen LogP contribution is 2.19. The molecule has 3 aromatic rings. The van der Waals surface area contributed by atoms with Crippen molar-refractivity contribution in [3.63, 3.8) is 0 Å². The van der Waals surface area contributed by atoms with Crippen LogP contribution in [0.3, 0.4) is 0 Å². The Labute approximate surface area is 203 Å². The van der Waals surface area contributed by atoms with Gasteiger partial charge in [-0.3, -0.25) is 4.79 Å². The van der Waals surface area contributed by atoms with E-state index in [0.717, 1.165) is 21.7 Å². The summed E-state index contributed by atoms with van der Waals surface area (Å²) in [5.41, 5.74) is 0.973. The summed E-state index contributed by atoms with van der Waals surface area (Å²) in [5.74, 6) is 0.0821. The fourth-order valence-corrected chi connectivity index (χ4v) is 5.14. The summed E-state index contributed by atoms with van der Waals surface area (Å²) in [7, 11) is 1.82. The Kier molecular flexibility index (Phi) is 9.93. The predicted octanol–water partition coefficient (Wildman–Crippen LogP) is 5.28. The summed E-state index contributed by atoms with van der Waals surface area (Å²) >= 11 is 3.31. The standard InChI is InChI=1S/C25H31N3O3S2/c1-26-23(13-5-6-14-27(25(30)31)17-20-9-3-2-4-10-20)24(29)28(18-21-11-7-15-32-21)19-22-12-8-16-33-22/h2-4,7-12,15-16,23,26H,5-6,13-14,17-19H2,1H3,(H,30,31)/t23-/m0/s1. The van der Waals surface area contributed by atoms with Crippen LogP contribution in [0, 0.1) is 0 Å². The molecule has 1 atom stereocenters. The smallest absolute Gasteiger partial charge is 0.407 e. The van der Waals surface area contributed by atoms with Crippen LogP contribution in [0.4, 0.5) is 4.79 Å². The Bertz CT molecular complexity index is 926. The number of nitrogens with zero attached hydrogens (tertiary/aromatic N) is 2. The second-order valence-corrected chi connectivity index (χ2v) is 9.94. The zero-order valence-corrected chi connectivity index (χ0v) is 20.5. The van der Waals surface area contributed by atoms with Crippen LogP contribution >= 0.6 is 22.7 Å². The molecular weight excluding hydrogens is 454 g/mol. The molecule has 1 aromatic carbocycles. The van der Waals surface area contributed by atoms with E-state index in [4.69, 9.17) is 0 Å². The van der Waals surface area contributed by atoms with Gasteiger partial charge in [-0.2, -0.15) is 0 Å². The highest BCUT2D eigenvalue weighted by atomic mass is 32.1. The van der Waals surface area contributed by atoms with Gasteiger partial charge in [0.25, 0.3) is 0 Å². The van der Waals surface area contributed by atoms with E-state index in [1.54, 1.807) is 22.7 Å². The summed E-state index contributed by atoms with van der Waals surface area (Å²) in [6, 6.07) is 17.4. The number of rotatable bonds is 13. The number of benzene rings is 1. The Hall–Kier alpha value is -2.68. The van der Waals surface area contributed by atoms with E-state index in [1.165, 1.54) is 4.90 Å². The average Bonchev–Trinajstić information content (AvgIpc) is 3.52. The molecule has 2 heterocycles. The van der Waals surface area contributed by atoms with E-state index in [1.807, 2.05) is 65.2 Å². The number of carbonyl (C=O) groups excluding carboxylic acids is 1. The number of hydrogen-bond donors (Lipinski definition) is 2. The van der Waals surface area contributed by atoms with Crippen LogP contribution in [0.1, 0.15) is 34.6 Å². The minimum Gasteiger partial charge on any atom is -0.465 e. The van der Waals surface area contributed by atoms with Gasteiger partial charge in [-0.05, 0) is 54.8 Å². The number of carbonyl (C=O) groups is 2. The van der Waals surface area contributed by atoms with Gasteiger partial charge in [0.05, 0.1) is 19.1 Å². The van der Waals surface area contributed by atoms with Crippen molar-refractivity contribution in [2.75, 3.05) is 13.6 Å². The fraction of sp³-hybridized carbons (Fsp3) is 0.360. The number of likely N-dealkylation sites (N-methyl/N-ethyl adjacent to an activating group) is 1. The lowest BCUT2D eigenvalue weighted by molar-refractivity contribution is -0.134. The van der Waals surface area contributed by atoms with Crippen LogP contribution in [0.5, 0.6) is 0 Å². The maximum Gasteiger partial charge on any atom is 0.407 e. The lowest BCUT2D eigenvalue weighted by Gasteiger charge is -2.27. The molecular formula is C25H31N3O3S2. The topological polar surface area (TPSA) is 72.9 Å². The third kappa shape index (κ3) is 7.99. The maximum atomic E-state index is 13.4. The minimum atomic E-state index is -0.918. The number of nitrogens with one attached hydrogen (secondary N) is 1. The molecule has 2 amide bonds. The van der Waals surface area contributed by atoms with Gasteiger partial charge in [-0.1, -0.05) is 42.5 Å². The molecule has 0 unspecified atom stereocenters. The van der Waals surface area contributed by atoms with Crippen LogP contribution in [0.2, 0.25) is 0 Å². The number of thiophene rings is 2. The molecule has 0 aliphatic rings. The first-order chi connectivity index (χ1) is 16.1. The second kappa shape index (κ2) is 13.1. The van der Waals surface area contributed by atoms with Gasteiger partial charge in [-0.25, -0.2) is 4.79 Å². The maximum absolute atomic E-state index is 13.4. The third-order valence-electron chi connectivity index (χ3n) is 5.47. The molecule has 8 heteroatoms. The van der Waals surface area contributed by atoms with E-state index < -0.39 is 6.09 Å². The van der Waals surface area contributed by atoms with E-state index in [0.29, 0.717) is 39.0 Å². The normalized spacial score (nSPS) is 11.8. The van der Waals surface area contributed by atoms with E-state index >= 15 is 0 Å². The van der Waals surface area contributed by atoms with Crippen molar-refractivity contribution in [2.24, 2.45) is 0 Å². The second-order valence-electron chi connectivity index (χ2n) is 7.88. The van der Waals surface area contributed by atoms with Gasteiger partial charge >= 0.3 is 6.09 Å². The molecule has 3 rings (SSSR count). The molecule has 2 aromatic heterocycles. The Morgan fingerprint density at radius 1 is 0.879 bits per heavy atom. The van der Waals surface area contributed by atoms with Crippen molar-refractivity contribution in [1.82, 2.24) is 15.1 Å². The van der Waals surface area contributed by atoms with Crippen molar-refractivity contribution < 1.29 is 14.7 Å². The molecule has 0 fully saturated rings. The fourth-order valence-electron chi connectivity index (χ4n) is 3.70. The highest BCUT2D eigenvalue weighted by molar-refractivity contribution is 7.10. The molecule has 0 bridgehead atoms. The number of amides is 2.